The molecule has 1 N–H and O–H groups in total. The van der Waals surface area contributed by atoms with Gasteiger partial charge in [-0.3, -0.25) is 4.79 Å². The highest BCUT2D eigenvalue weighted by Gasteiger charge is 2.24. The zero-order chi connectivity index (χ0) is 16.1. The molecule has 0 heterocycles. The molecule has 0 spiro atoms. The van der Waals surface area contributed by atoms with Gasteiger partial charge >= 0.3 is 5.97 Å². The van der Waals surface area contributed by atoms with Gasteiger partial charge in [-0.25, -0.2) is 0 Å². The van der Waals surface area contributed by atoms with Gasteiger partial charge in [0.25, 0.3) is 0 Å². The Morgan fingerprint density at radius 1 is 1.14 bits per heavy atom. The van der Waals surface area contributed by atoms with E-state index in [-0.39, 0.29) is 0 Å². The van der Waals surface area contributed by atoms with E-state index in [0.29, 0.717) is 23.5 Å². The second kappa shape index (κ2) is 6.98. The van der Waals surface area contributed by atoms with Crippen molar-refractivity contribution in [2.24, 2.45) is 0 Å². The average Bonchev–Trinajstić information content (AvgIpc) is 2.53. The van der Waals surface area contributed by atoms with Crippen LogP contribution < -0.4 is 9.47 Å². The maximum Gasteiger partial charge on any atom is 0.311 e. The van der Waals surface area contributed by atoms with Gasteiger partial charge in [0.2, 0.25) is 0 Å². The summed E-state index contributed by atoms with van der Waals surface area (Å²) in [5.74, 6) is -0.366. The van der Waals surface area contributed by atoms with Crippen LogP contribution in [0.4, 0.5) is 0 Å². The molecular weight excluding hydrogens is 280 g/mol. The molecule has 0 fully saturated rings. The normalized spacial score (nSPS) is 11.8. The molecule has 0 aliphatic rings. The molecule has 0 amide bonds. The van der Waals surface area contributed by atoms with E-state index in [0.717, 1.165) is 11.1 Å². The molecule has 2 aromatic carbocycles. The van der Waals surface area contributed by atoms with Gasteiger partial charge in [0.1, 0.15) is 11.5 Å². The number of carboxylic acid groups (broad SMARTS) is 1. The number of carbonyl (C=O) groups is 1. The maximum atomic E-state index is 11.8. The van der Waals surface area contributed by atoms with Crippen molar-refractivity contribution in [3.8, 4) is 11.5 Å². The Kier molecular flexibility index (Phi) is 5.04. The summed E-state index contributed by atoms with van der Waals surface area (Å²) in [4.78, 5) is 11.8. The first-order valence-corrected chi connectivity index (χ1v) is 7.06. The molecule has 22 heavy (non-hydrogen) atoms. The number of benzene rings is 2. The molecule has 2 aromatic rings. The topological polar surface area (TPSA) is 55.8 Å². The van der Waals surface area contributed by atoms with Crippen LogP contribution in [0.3, 0.4) is 0 Å². The lowest BCUT2D eigenvalue weighted by molar-refractivity contribution is -0.138. The molecule has 0 radical (unpaired) electrons. The van der Waals surface area contributed by atoms with Crippen LogP contribution >= 0.6 is 0 Å². The fraction of sp³-hybridized carbons (Fsp3) is 0.278. The SMILES string of the molecule is COc1ccc(C(Cc2ccccc2C)C(=O)O)c(OC)c1. The van der Waals surface area contributed by atoms with E-state index in [1.807, 2.05) is 31.2 Å². The highest BCUT2D eigenvalue weighted by atomic mass is 16.5. The zero-order valence-electron chi connectivity index (χ0n) is 13.0. The summed E-state index contributed by atoms with van der Waals surface area (Å²) in [6.07, 6.45) is 0.421. The van der Waals surface area contributed by atoms with Gasteiger partial charge in [-0.05, 0) is 30.5 Å². The maximum absolute atomic E-state index is 11.8. The Hall–Kier alpha value is -2.49. The smallest absolute Gasteiger partial charge is 0.311 e. The van der Waals surface area contributed by atoms with Crippen LogP contribution in [-0.4, -0.2) is 25.3 Å². The monoisotopic (exact) mass is 300 g/mol. The number of hydrogen-bond acceptors (Lipinski definition) is 3. The molecule has 4 nitrogen and oxygen atoms in total. The van der Waals surface area contributed by atoms with Crippen LogP contribution in [0.15, 0.2) is 42.5 Å². The molecule has 0 bridgehead atoms. The van der Waals surface area contributed by atoms with Crippen LogP contribution in [0.5, 0.6) is 11.5 Å². The van der Waals surface area contributed by atoms with Gasteiger partial charge in [-0.2, -0.15) is 0 Å². The standard InChI is InChI=1S/C18H20O4/c1-12-6-4-5-7-13(12)10-16(18(19)20)15-9-8-14(21-2)11-17(15)22-3/h4-9,11,16H,10H2,1-3H3,(H,19,20). The third-order valence-electron chi connectivity index (χ3n) is 3.80. The first-order valence-electron chi connectivity index (χ1n) is 7.06. The molecule has 1 atom stereocenters. The second-order valence-electron chi connectivity index (χ2n) is 5.13. The Labute approximate surface area is 130 Å². The molecule has 0 saturated carbocycles. The van der Waals surface area contributed by atoms with Gasteiger partial charge in [0.15, 0.2) is 0 Å². The van der Waals surface area contributed by atoms with E-state index < -0.39 is 11.9 Å². The van der Waals surface area contributed by atoms with Crippen molar-refractivity contribution in [2.75, 3.05) is 14.2 Å². The highest BCUT2D eigenvalue weighted by molar-refractivity contribution is 5.78. The molecule has 0 aliphatic carbocycles. The molecule has 0 saturated heterocycles. The Balaban J connectivity index is 2.40. The van der Waals surface area contributed by atoms with E-state index in [1.165, 1.54) is 7.11 Å². The molecule has 2 rings (SSSR count). The largest absolute Gasteiger partial charge is 0.497 e. The fourth-order valence-electron chi connectivity index (χ4n) is 2.50. The summed E-state index contributed by atoms with van der Waals surface area (Å²) >= 11 is 0. The number of carboxylic acids is 1. The van der Waals surface area contributed by atoms with Gasteiger partial charge < -0.3 is 14.6 Å². The number of ether oxygens (including phenoxy) is 2. The molecule has 1 unspecified atom stereocenters. The summed E-state index contributed by atoms with van der Waals surface area (Å²) in [5.41, 5.74) is 2.76. The first-order chi connectivity index (χ1) is 10.6. The van der Waals surface area contributed by atoms with E-state index in [1.54, 1.807) is 25.3 Å². The third kappa shape index (κ3) is 3.39. The lowest BCUT2D eigenvalue weighted by atomic mass is 9.89. The number of aryl methyl sites for hydroxylation is 1. The van der Waals surface area contributed by atoms with Crippen molar-refractivity contribution in [1.82, 2.24) is 0 Å². The fourth-order valence-corrected chi connectivity index (χ4v) is 2.50. The molecule has 4 heteroatoms. The quantitative estimate of drug-likeness (QED) is 0.888. The molecule has 0 aliphatic heterocycles. The van der Waals surface area contributed by atoms with Crippen molar-refractivity contribution in [3.63, 3.8) is 0 Å². The number of aliphatic carboxylic acids is 1. The minimum Gasteiger partial charge on any atom is -0.497 e. The average molecular weight is 300 g/mol. The molecule has 116 valence electrons. The highest BCUT2D eigenvalue weighted by Crippen LogP contribution is 2.33. The van der Waals surface area contributed by atoms with Crippen molar-refractivity contribution < 1.29 is 19.4 Å². The van der Waals surface area contributed by atoms with Crippen LogP contribution in [0, 0.1) is 6.92 Å². The number of rotatable bonds is 6. The number of methoxy groups -OCH3 is 2. The van der Waals surface area contributed by atoms with E-state index in [9.17, 15) is 9.90 Å². The number of hydrogen-bond donors (Lipinski definition) is 1. The van der Waals surface area contributed by atoms with E-state index in [4.69, 9.17) is 9.47 Å². The minimum atomic E-state index is -0.869. The Morgan fingerprint density at radius 3 is 2.45 bits per heavy atom. The van der Waals surface area contributed by atoms with Crippen molar-refractivity contribution >= 4 is 5.97 Å². The van der Waals surface area contributed by atoms with Crippen LogP contribution in [-0.2, 0) is 11.2 Å². The van der Waals surface area contributed by atoms with Crippen molar-refractivity contribution in [1.29, 1.82) is 0 Å². The lowest BCUT2D eigenvalue weighted by Gasteiger charge is -2.18. The van der Waals surface area contributed by atoms with Crippen LogP contribution in [0.25, 0.3) is 0 Å². The first kappa shape index (κ1) is 15.9. The van der Waals surface area contributed by atoms with E-state index in [2.05, 4.69) is 0 Å². The van der Waals surface area contributed by atoms with Gasteiger partial charge in [0, 0.05) is 11.6 Å². The van der Waals surface area contributed by atoms with Gasteiger partial charge in [0.05, 0.1) is 20.1 Å². The predicted molar refractivity (Wildman–Crippen MR) is 84.8 cm³/mol. The summed E-state index contributed by atoms with van der Waals surface area (Å²) in [6, 6.07) is 13.0. The summed E-state index contributed by atoms with van der Waals surface area (Å²) in [5, 5.41) is 9.64. The second-order valence-corrected chi connectivity index (χ2v) is 5.13. The van der Waals surface area contributed by atoms with Gasteiger partial charge in [-0.1, -0.05) is 30.3 Å². The lowest BCUT2D eigenvalue weighted by Crippen LogP contribution is -2.16. The summed E-state index contributed by atoms with van der Waals surface area (Å²) in [7, 11) is 3.10. The molecule has 0 aromatic heterocycles. The third-order valence-corrected chi connectivity index (χ3v) is 3.80. The predicted octanol–water partition coefficient (Wildman–Crippen LogP) is 3.42. The summed E-state index contributed by atoms with van der Waals surface area (Å²) < 4.78 is 10.5. The zero-order valence-corrected chi connectivity index (χ0v) is 13.0. The Morgan fingerprint density at radius 2 is 1.86 bits per heavy atom. The van der Waals surface area contributed by atoms with E-state index >= 15 is 0 Å². The van der Waals surface area contributed by atoms with Crippen LogP contribution in [0.1, 0.15) is 22.6 Å². The Bertz CT molecular complexity index is 664. The van der Waals surface area contributed by atoms with Crippen molar-refractivity contribution in [2.45, 2.75) is 19.3 Å². The van der Waals surface area contributed by atoms with Crippen LogP contribution in [0.2, 0.25) is 0 Å². The van der Waals surface area contributed by atoms with Crippen molar-refractivity contribution in [3.05, 3.63) is 59.2 Å². The molecular formula is C18H20O4. The minimum absolute atomic E-state index is 0.421. The summed E-state index contributed by atoms with van der Waals surface area (Å²) in [6.45, 7) is 1.99. The van der Waals surface area contributed by atoms with Gasteiger partial charge in [-0.15, -0.1) is 0 Å².